The lowest BCUT2D eigenvalue weighted by molar-refractivity contribution is -0.115. The van der Waals surface area contributed by atoms with Crippen LogP contribution in [0.4, 0.5) is 5.69 Å². The Morgan fingerprint density at radius 3 is 2.33 bits per heavy atom. The molecule has 5 nitrogen and oxygen atoms in total. The van der Waals surface area contributed by atoms with Crippen LogP contribution in [0.5, 0.6) is 0 Å². The largest absolute Gasteiger partial charge is 0.326 e. The van der Waals surface area contributed by atoms with Gasteiger partial charge in [-0.2, -0.15) is 5.10 Å². The molecule has 7 heteroatoms. The Morgan fingerprint density at radius 2 is 1.71 bits per heavy atom. The summed E-state index contributed by atoms with van der Waals surface area (Å²) in [5.41, 5.74) is 4.20. The van der Waals surface area contributed by atoms with E-state index in [9.17, 15) is 9.59 Å². The van der Waals surface area contributed by atoms with Gasteiger partial charge in [0.25, 0.3) is 5.91 Å². The first-order chi connectivity index (χ1) is 11.4. The SMILES string of the molecule is CC(CC(=O)Nc1ccc(Br)cc1)=NNC(=O)c1ccc(I)cc1. The molecule has 0 heterocycles. The molecular weight excluding hydrogens is 485 g/mol. The van der Waals surface area contributed by atoms with E-state index in [1.807, 2.05) is 24.3 Å². The molecule has 0 aliphatic heterocycles. The number of amides is 2. The number of halogens is 2. The Hall–Kier alpha value is -1.74. The van der Waals surface area contributed by atoms with E-state index in [2.05, 4.69) is 54.4 Å². The summed E-state index contributed by atoms with van der Waals surface area (Å²) >= 11 is 5.51. The summed E-state index contributed by atoms with van der Waals surface area (Å²) < 4.78 is 1.99. The second-order valence-electron chi connectivity index (χ2n) is 5.03. The molecule has 0 radical (unpaired) electrons. The van der Waals surface area contributed by atoms with Crippen LogP contribution in [-0.4, -0.2) is 17.5 Å². The zero-order chi connectivity index (χ0) is 17.5. The highest BCUT2D eigenvalue weighted by Crippen LogP contribution is 2.14. The maximum atomic E-state index is 11.9. The molecular formula is C17H15BrIN3O2. The maximum Gasteiger partial charge on any atom is 0.271 e. The van der Waals surface area contributed by atoms with E-state index in [4.69, 9.17) is 0 Å². The van der Waals surface area contributed by atoms with Gasteiger partial charge in [-0.3, -0.25) is 9.59 Å². The van der Waals surface area contributed by atoms with Crippen molar-refractivity contribution >= 4 is 61.7 Å². The second kappa shape index (κ2) is 8.93. The van der Waals surface area contributed by atoms with Crippen LogP contribution in [0.2, 0.25) is 0 Å². The van der Waals surface area contributed by atoms with Crippen molar-refractivity contribution in [1.82, 2.24) is 5.43 Å². The third-order valence-electron chi connectivity index (χ3n) is 3.00. The van der Waals surface area contributed by atoms with Crippen LogP contribution < -0.4 is 10.7 Å². The van der Waals surface area contributed by atoms with Crippen LogP contribution in [0.15, 0.2) is 58.1 Å². The predicted octanol–water partition coefficient (Wildman–Crippen LogP) is 4.19. The van der Waals surface area contributed by atoms with Crippen LogP contribution in [0.25, 0.3) is 0 Å². The number of hydrazone groups is 1. The fourth-order valence-electron chi connectivity index (χ4n) is 1.82. The smallest absolute Gasteiger partial charge is 0.271 e. The molecule has 2 aromatic rings. The highest BCUT2D eigenvalue weighted by atomic mass is 127. The molecule has 124 valence electrons. The highest BCUT2D eigenvalue weighted by molar-refractivity contribution is 14.1. The molecule has 0 bridgehead atoms. The number of carbonyl (C=O) groups excluding carboxylic acids is 2. The topological polar surface area (TPSA) is 70.6 Å². The average Bonchev–Trinajstić information content (AvgIpc) is 2.55. The molecule has 2 rings (SSSR count). The molecule has 0 aliphatic carbocycles. The molecule has 2 N–H and O–H groups in total. The summed E-state index contributed by atoms with van der Waals surface area (Å²) in [5, 5.41) is 6.74. The Balaban J connectivity index is 1.86. The van der Waals surface area contributed by atoms with Crippen molar-refractivity contribution in [3.63, 3.8) is 0 Å². The van der Waals surface area contributed by atoms with Crippen molar-refractivity contribution in [2.45, 2.75) is 13.3 Å². The summed E-state index contributed by atoms with van der Waals surface area (Å²) in [7, 11) is 0. The van der Waals surface area contributed by atoms with Gasteiger partial charge < -0.3 is 5.32 Å². The van der Waals surface area contributed by atoms with Crippen molar-refractivity contribution in [3.05, 3.63) is 62.1 Å². The van der Waals surface area contributed by atoms with Crippen LogP contribution in [-0.2, 0) is 4.79 Å². The first kappa shape index (κ1) is 18.6. The minimum Gasteiger partial charge on any atom is -0.326 e. The Labute approximate surface area is 162 Å². The minimum absolute atomic E-state index is 0.100. The molecule has 0 unspecified atom stereocenters. The lowest BCUT2D eigenvalue weighted by atomic mass is 10.2. The monoisotopic (exact) mass is 499 g/mol. The van der Waals surface area contributed by atoms with E-state index in [1.54, 1.807) is 31.2 Å². The molecule has 0 spiro atoms. The molecule has 0 fully saturated rings. The third kappa shape index (κ3) is 6.04. The third-order valence-corrected chi connectivity index (χ3v) is 4.25. The Morgan fingerprint density at radius 1 is 1.08 bits per heavy atom. The summed E-state index contributed by atoms with van der Waals surface area (Å²) in [6.07, 6.45) is 0.100. The van der Waals surface area contributed by atoms with Crippen molar-refractivity contribution in [2.24, 2.45) is 5.10 Å². The maximum absolute atomic E-state index is 11.9. The van der Waals surface area contributed by atoms with E-state index < -0.39 is 0 Å². The van der Waals surface area contributed by atoms with Gasteiger partial charge in [0.15, 0.2) is 0 Å². The van der Waals surface area contributed by atoms with Crippen molar-refractivity contribution < 1.29 is 9.59 Å². The van der Waals surface area contributed by atoms with Gasteiger partial charge in [0.1, 0.15) is 0 Å². The number of carbonyl (C=O) groups is 2. The van der Waals surface area contributed by atoms with Gasteiger partial charge in [0, 0.05) is 25.0 Å². The van der Waals surface area contributed by atoms with E-state index >= 15 is 0 Å². The Kier molecular flexibility index (Phi) is 6.92. The highest BCUT2D eigenvalue weighted by Gasteiger charge is 2.07. The first-order valence-corrected chi connectivity index (χ1v) is 8.96. The standard InChI is InChI=1S/C17H15BrIN3O2/c1-11(10-16(23)20-15-8-4-13(18)5-9-15)21-22-17(24)12-2-6-14(19)7-3-12/h2-9H,10H2,1H3,(H,20,23)(H,22,24). The average molecular weight is 500 g/mol. The molecule has 0 saturated heterocycles. The van der Waals surface area contributed by atoms with E-state index in [0.717, 1.165) is 8.04 Å². The fourth-order valence-corrected chi connectivity index (χ4v) is 2.45. The van der Waals surface area contributed by atoms with E-state index in [1.165, 1.54) is 0 Å². The lowest BCUT2D eigenvalue weighted by Gasteiger charge is -2.06. The number of benzene rings is 2. The van der Waals surface area contributed by atoms with Crippen molar-refractivity contribution in [2.75, 3.05) is 5.32 Å². The molecule has 0 saturated carbocycles. The number of anilines is 1. The van der Waals surface area contributed by atoms with Gasteiger partial charge >= 0.3 is 0 Å². The summed E-state index contributed by atoms with van der Waals surface area (Å²) in [6.45, 7) is 1.69. The van der Waals surface area contributed by atoms with Gasteiger partial charge in [-0.1, -0.05) is 15.9 Å². The van der Waals surface area contributed by atoms with Crippen LogP contribution in [0.3, 0.4) is 0 Å². The zero-order valence-electron chi connectivity index (χ0n) is 12.8. The minimum atomic E-state index is -0.306. The number of rotatable bonds is 5. The second-order valence-corrected chi connectivity index (χ2v) is 7.19. The quantitative estimate of drug-likeness (QED) is 0.368. The molecule has 2 amide bonds. The number of hydrogen-bond acceptors (Lipinski definition) is 3. The van der Waals surface area contributed by atoms with Crippen molar-refractivity contribution in [1.29, 1.82) is 0 Å². The number of nitrogens with zero attached hydrogens (tertiary/aromatic N) is 1. The fraction of sp³-hybridized carbons (Fsp3) is 0.118. The summed E-state index contributed by atoms with van der Waals surface area (Å²) in [5.74, 6) is -0.499. The molecule has 0 atom stereocenters. The van der Waals surface area contributed by atoms with Gasteiger partial charge in [-0.15, -0.1) is 0 Å². The van der Waals surface area contributed by atoms with Crippen LogP contribution >= 0.6 is 38.5 Å². The number of nitrogens with one attached hydrogen (secondary N) is 2. The van der Waals surface area contributed by atoms with E-state index in [0.29, 0.717) is 17.0 Å². The molecule has 2 aromatic carbocycles. The molecule has 0 aromatic heterocycles. The summed E-state index contributed by atoms with van der Waals surface area (Å²) in [6, 6.07) is 14.4. The van der Waals surface area contributed by atoms with Gasteiger partial charge in [0.2, 0.25) is 5.91 Å². The summed E-state index contributed by atoms with van der Waals surface area (Å²) in [4.78, 5) is 23.9. The van der Waals surface area contributed by atoms with Crippen LogP contribution in [0, 0.1) is 3.57 Å². The number of hydrogen-bond donors (Lipinski definition) is 2. The lowest BCUT2D eigenvalue weighted by Crippen LogP contribution is -2.21. The predicted molar refractivity (Wildman–Crippen MR) is 107 cm³/mol. The normalized spacial score (nSPS) is 11.0. The van der Waals surface area contributed by atoms with Crippen molar-refractivity contribution in [3.8, 4) is 0 Å². The molecule has 24 heavy (non-hydrogen) atoms. The molecule has 0 aliphatic rings. The van der Waals surface area contributed by atoms with Gasteiger partial charge in [-0.05, 0) is 78.0 Å². The van der Waals surface area contributed by atoms with E-state index in [-0.39, 0.29) is 18.2 Å². The first-order valence-electron chi connectivity index (χ1n) is 7.08. The van der Waals surface area contributed by atoms with Crippen LogP contribution in [0.1, 0.15) is 23.7 Å². The van der Waals surface area contributed by atoms with Gasteiger partial charge in [-0.25, -0.2) is 5.43 Å². The zero-order valence-corrected chi connectivity index (χ0v) is 16.6. The van der Waals surface area contributed by atoms with Gasteiger partial charge in [0.05, 0.1) is 6.42 Å². The Bertz CT molecular complexity index is 758.